The number of hydrogen-bond acceptors (Lipinski definition) is 8. The smallest absolute Gasteiger partial charge is 0.254 e. The minimum absolute atomic E-state index is 0.115. The number of pyridine rings is 2. The van der Waals surface area contributed by atoms with E-state index in [4.69, 9.17) is 9.47 Å². The first kappa shape index (κ1) is 30.1. The van der Waals surface area contributed by atoms with Gasteiger partial charge in [-0.25, -0.2) is 0 Å². The standard InChI is InChI=1S/C29H42N2O6S2/c1-28(2,30-24(32)18-22-20(26(30)34)8-16-38-22)10-5-12-36-14-7-15-37-13-6-11-29(3,4)31-25(33)19-23-21(27(31)35)9-17-39-23/h18-19,34-35H,5-17H2,1-4H3. The van der Waals surface area contributed by atoms with Gasteiger partial charge in [0.25, 0.3) is 11.1 Å². The maximum Gasteiger partial charge on any atom is 0.254 e. The topological polar surface area (TPSA) is 103 Å². The molecule has 0 saturated heterocycles. The molecule has 0 spiro atoms. The molecule has 4 heterocycles. The molecule has 0 fully saturated rings. The summed E-state index contributed by atoms with van der Waals surface area (Å²) in [7, 11) is 0. The van der Waals surface area contributed by atoms with Gasteiger partial charge in [0.2, 0.25) is 0 Å². The molecule has 0 radical (unpaired) electrons. The van der Waals surface area contributed by atoms with Gasteiger partial charge in [0.15, 0.2) is 11.8 Å². The summed E-state index contributed by atoms with van der Waals surface area (Å²) in [6, 6.07) is 3.31. The molecule has 0 unspecified atom stereocenters. The number of aromatic hydroxyl groups is 2. The van der Waals surface area contributed by atoms with Crippen molar-refractivity contribution < 1.29 is 19.7 Å². The summed E-state index contributed by atoms with van der Waals surface area (Å²) in [6.07, 6.45) is 5.40. The Morgan fingerprint density at radius 3 is 1.51 bits per heavy atom. The molecule has 2 aliphatic rings. The minimum atomic E-state index is -0.496. The lowest BCUT2D eigenvalue weighted by atomic mass is 9.97. The van der Waals surface area contributed by atoms with Crippen LogP contribution in [0, 0.1) is 0 Å². The van der Waals surface area contributed by atoms with Gasteiger partial charge in [0.05, 0.1) is 0 Å². The predicted octanol–water partition coefficient (Wildman–Crippen LogP) is 4.87. The highest BCUT2D eigenvalue weighted by atomic mass is 32.2. The number of aromatic nitrogens is 2. The van der Waals surface area contributed by atoms with E-state index in [1.165, 1.54) is 9.13 Å². The summed E-state index contributed by atoms with van der Waals surface area (Å²) in [5, 5.41) is 21.5. The van der Waals surface area contributed by atoms with Crippen LogP contribution in [-0.4, -0.2) is 57.3 Å². The van der Waals surface area contributed by atoms with Crippen molar-refractivity contribution in [2.24, 2.45) is 0 Å². The van der Waals surface area contributed by atoms with Gasteiger partial charge in [0.1, 0.15) is 0 Å². The third-order valence-corrected chi connectivity index (χ3v) is 9.84. The van der Waals surface area contributed by atoms with Gasteiger partial charge in [-0.15, -0.1) is 23.5 Å². The van der Waals surface area contributed by atoms with Gasteiger partial charge in [-0.3, -0.25) is 18.7 Å². The quantitative estimate of drug-likeness (QED) is 0.306. The van der Waals surface area contributed by atoms with E-state index in [2.05, 4.69) is 0 Å². The molecule has 2 aromatic rings. The molecule has 0 aromatic carbocycles. The molecule has 39 heavy (non-hydrogen) atoms. The second-order valence-electron chi connectivity index (χ2n) is 11.6. The second-order valence-corrected chi connectivity index (χ2v) is 13.8. The molecule has 0 aliphatic carbocycles. The molecule has 0 bridgehead atoms. The summed E-state index contributed by atoms with van der Waals surface area (Å²) in [4.78, 5) is 27.1. The molecule has 2 aliphatic heterocycles. The zero-order valence-corrected chi connectivity index (χ0v) is 25.2. The lowest BCUT2D eigenvalue weighted by Crippen LogP contribution is -2.36. The van der Waals surface area contributed by atoms with Crippen molar-refractivity contribution in [2.45, 2.75) is 93.5 Å². The van der Waals surface area contributed by atoms with Crippen LogP contribution in [0.25, 0.3) is 0 Å². The maximum absolute atomic E-state index is 12.6. The fourth-order valence-corrected chi connectivity index (χ4v) is 7.71. The van der Waals surface area contributed by atoms with Crippen LogP contribution in [0.1, 0.15) is 70.9 Å². The molecule has 2 N–H and O–H groups in total. The van der Waals surface area contributed by atoms with Crippen LogP contribution in [0.5, 0.6) is 11.8 Å². The second kappa shape index (κ2) is 12.7. The Hall–Kier alpha value is -1.88. The van der Waals surface area contributed by atoms with Crippen molar-refractivity contribution in [1.29, 1.82) is 0 Å². The van der Waals surface area contributed by atoms with E-state index in [1.807, 2.05) is 27.7 Å². The molecule has 8 nitrogen and oxygen atoms in total. The van der Waals surface area contributed by atoms with Crippen LogP contribution in [0.3, 0.4) is 0 Å². The highest BCUT2D eigenvalue weighted by Gasteiger charge is 2.30. The number of fused-ring (bicyclic) bond motifs is 2. The first-order chi connectivity index (χ1) is 18.5. The monoisotopic (exact) mass is 578 g/mol. The van der Waals surface area contributed by atoms with Crippen molar-refractivity contribution in [3.8, 4) is 11.8 Å². The molecule has 0 atom stereocenters. The zero-order chi connectivity index (χ0) is 28.2. The molecule has 10 heteroatoms. The van der Waals surface area contributed by atoms with Crippen LogP contribution in [0.4, 0.5) is 0 Å². The van der Waals surface area contributed by atoms with E-state index >= 15 is 0 Å². The summed E-state index contributed by atoms with van der Waals surface area (Å²) in [5.41, 5.74) is 0.489. The van der Waals surface area contributed by atoms with E-state index < -0.39 is 11.1 Å². The Bertz CT molecular complexity index is 1190. The SMILES string of the molecule is CC(C)(CCCOCCCOCCCC(C)(C)n1c(O)c2c(cc1=O)SCC2)n1c(O)c2c(cc1=O)SCC2. The fourth-order valence-electron chi connectivity index (χ4n) is 5.55. The number of rotatable bonds is 14. The van der Waals surface area contributed by atoms with Gasteiger partial charge < -0.3 is 19.7 Å². The third kappa shape index (κ3) is 6.89. The normalized spacial score (nSPS) is 15.1. The number of thioether (sulfide) groups is 2. The maximum atomic E-state index is 12.6. The van der Waals surface area contributed by atoms with Gasteiger partial charge in [-0.1, -0.05) is 0 Å². The van der Waals surface area contributed by atoms with Crippen molar-refractivity contribution in [2.75, 3.05) is 37.9 Å². The van der Waals surface area contributed by atoms with Crippen molar-refractivity contribution in [3.63, 3.8) is 0 Å². The van der Waals surface area contributed by atoms with Crippen molar-refractivity contribution in [1.82, 2.24) is 9.13 Å². The van der Waals surface area contributed by atoms with E-state index in [9.17, 15) is 19.8 Å². The minimum Gasteiger partial charge on any atom is -0.494 e. The number of nitrogens with zero attached hydrogens (tertiary/aromatic N) is 2. The Morgan fingerprint density at radius 1 is 0.718 bits per heavy atom. The average Bonchev–Trinajstić information content (AvgIpc) is 3.52. The summed E-state index contributed by atoms with van der Waals surface area (Å²) >= 11 is 3.26. The number of hydrogen-bond donors (Lipinski definition) is 2. The summed E-state index contributed by atoms with van der Waals surface area (Å²) in [6.45, 7) is 10.3. The Labute approximate surface area is 239 Å². The largest absolute Gasteiger partial charge is 0.494 e. The average molecular weight is 579 g/mol. The fraction of sp³-hybridized carbons (Fsp3) is 0.655. The lowest BCUT2D eigenvalue weighted by molar-refractivity contribution is 0.0733. The molecular weight excluding hydrogens is 536 g/mol. The molecule has 216 valence electrons. The van der Waals surface area contributed by atoms with Gasteiger partial charge in [-0.05, 0) is 72.6 Å². The molecule has 0 saturated carbocycles. The summed E-state index contributed by atoms with van der Waals surface area (Å²) < 4.78 is 14.6. The van der Waals surface area contributed by atoms with E-state index in [-0.39, 0.29) is 22.9 Å². The van der Waals surface area contributed by atoms with Crippen LogP contribution >= 0.6 is 23.5 Å². The van der Waals surface area contributed by atoms with Crippen LogP contribution in [-0.2, 0) is 33.4 Å². The van der Waals surface area contributed by atoms with Crippen LogP contribution in [0.2, 0.25) is 0 Å². The van der Waals surface area contributed by atoms with Crippen molar-refractivity contribution in [3.05, 3.63) is 44.0 Å². The highest BCUT2D eigenvalue weighted by Crippen LogP contribution is 2.39. The van der Waals surface area contributed by atoms with Gasteiger partial charge >= 0.3 is 0 Å². The highest BCUT2D eigenvalue weighted by molar-refractivity contribution is 7.99. The molecule has 4 rings (SSSR count). The van der Waals surface area contributed by atoms with Crippen LogP contribution < -0.4 is 11.1 Å². The first-order valence-electron chi connectivity index (χ1n) is 13.9. The van der Waals surface area contributed by atoms with Gasteiger partial charge in [-0.2, -0.15) is 0 Å². The predicted molar refractivity (Wildman–Crippen MR) is 157 cm³/mol. The lowest BCUT2D eigenvalue weighted by Gasteiger charge is -2.29. The van der Waals surface area contributed by atoms with E-state index in [0.29, 0.717) is 26.4 Å². The first-order valence-corrected chi connectivity index (χ1v) is 15.9. The van der Waals surface area contributed by atoms with Gasteiger partial charge in [0, 0.05) is 82.1 Å². The number of ether oxygens (including phenoxy) is 2. The Kier molecular flexibility index (Phi) is 9.83. The summed E-state index contributed by atoms with van der Waals surface area (Å²) in [5.74, 6) is 2.04. The zero-order valence-electron chi connectivity index (χ0n) is 23.6. The molecule has 0 amide bonds. The Morgan fingerprint density at radius 2 is 1.10 bits per heavy atom. The third-order valence-electron chi connectivity index (χ3n) is 7.67. The van der Waals surface area contributed by atoms with E-state index in [0.717, 1.165) is 77.4 Å². The van der Waals surface area contributed by atoms with Crippen LogP contribution in [0.15, 0.2) is 31.5 Å². The Balaban J connectivity index is 1.11. The molecule has 2 aromatic heterocycles. The van der Waals surface area contributed by atoms with Crippen molar-refractivity contribution >= 4 is 23.5 Å². The van der Waals surface area contributed by atoms with E-state index in [1.54, 1.807) is 35.7 Å². The molecular formula is C29H42N2O6S2.